The van der Waals surface area contributed by atoms with Crippen molar-refractivity contribution in [1.82, 2.24) is 4.72 Å². The predicted octanol–water partition coefficient (Wildman–Crippen LogP) is 2.56. The molecule has 0 atom stereocenters. The Morgan fingerprint density at radius 1 is 1.29 bits per heavy atom. The van der Waals surface area contributed by atoms with Gasteiger partial charge in [-0.15, -0.1) is 11.3 Å². The van der Waals surface area contributed by atoms with Crippen molar-refractivity contribution in [3.05, 3.63) is 51.2 Å². The van der Waals surface area contributed by atoms with Crippen molar-refractivity contribution in [1.29, 1.82) is 0 Å². The summed E-state index contributed by atoms with van der Waals surface area (Å²) in [5.74, 6) is 0. The van der Waals surface area contributed by atoms with Crippen LogP contribution in [-0.4, -0.2) is 20.0 Å². The van der Waals surface area contributed by atoms with Crippen LogP contribution < -0.4 is 10.5 Å². The predicted molar refractivity (Wildman–Crippen MR) is 90.6 cm³/mol. The average molecular weight is 361 g/mol. The van der Waals surface area contributed by atoms with Gasteiger partial charge in [-0.05, 0) is 24.6 Å². The second-order valence-electron chi connectivity index (χ2n) is 4.21. The van der Waals surface area contributed by atoms with E-state index in [1.54, 1.807) is 24.3 Å². The van der Waals surface area contributed by atoms with Crippen LogP contribution in [0.4, 0.5) is 0 Å². The van der Waals surface area contributed by atoms with Gasteiger partial charge in [0.25, 0.3) is 0 Å². The highest BCUT2D eigenvalue weighted by Crippen LogP contribution is 2.21. The largest absolute Gasteiger partial charge is 0.389 e. The number of nitrogens with two attached hydrogens (primary N) is 1. The van der Waals surface area contributed by atoms with Crippen molar-refractivity contribution < 1.29 is 8.42 Å². The molecule has 3 N–H and O–H groups in total. The topological polar surface area (TPSA) is 72.2 Å². The van der Waals surface area contributed by atoms with Gasteiger partial charge in [0.1, 0.15) is 4.99 Å². The lowest BCUT2D eigenvalue weighted by molar-refractivity contribution is 0.581. The number of thiophene rings is 1. The van der Waals surface area contributed by atoms with Gasteiger partial charge in [-0.3, -0.25) is 0 Å². The molecule has 1 aromatic carbocycles. The molecule has 0 aliphatic carbocycles. The normalized spacial score (nSPS) is 11.5. The molecule has 21 heavy (non-hydrogen) atoms. The zero-order chi connectivity index (χ0) is 15.5. The molecule has 112 valence electrons. The average Bonchev–Trinajstić information content (AvgIpc) is 2.84. The highest BCUT2D eigenvalue weighted by Gasteiger charge is 2.18. The Bertz CT molecular complexity index is 756. The van der Waals surface area contributed by atoms with Gasteiger partial charge in [-0.25, -0.2) is 13.1 Å². The minimum absolute atomic E-state index is 0.0565. The van der Waals surface area contributed by atoms with Crippen LogP contribution in [0.5, 0.6) is 0 Å². The molecule has 2 rings (SSSR count). The van der Waals surface area contributed by atoms with Gasteiger partial charge >= 0.3 is 0 Å². The smallest absolute Gasteiger partial charge is 0.241 e. The zero-order valence-corrected chi connectivity index (χ0v) is 14.1. The third-order valence-corrected chi connectivity index (χ3v) is 5.76. The number of hydrogen-bond acceptors (Lipinski definition) is 4. The van der Waals surface area contributed by atoms with Gasteiger partial charge in [0.15, 0.2) is 0 Å². The molecule has 0 spiro atoms. The van der Waals surface area contributed by atoms with Crippen molar-refractivity contribution in [3.8, 4) is 0 Å². The minimum Gasteiger partial charge on any atom is -0.389 e. The van der Waals surface area contributed by atoms with E-state index in [0.29, 0.717) is 16.3 Å². The molecule has 8 heteroatoms. The molecule has 0 bridgehead atoms. The van der Waals surface area contributed by atoms with E-state index in [2.05, 4.69) is 4.72 Å². The van der Waals surface area contributed by atoms with Gasteiger partial charge in [-0.1, -0.05) is 42.0 Å². The first-order valence-electron chi connectivity index (χ1n) is 6.03. The first kappa shape index (κ1) is 16.4. The maximum atomic E-state index is 12.3. The molecule has 0 fully saturated rings. The van der Waals surface area contributed by atoms with Gasteiger partial charge in [0.05, 0.1) is 9.23 Å². The van der Waals surface area contributed by atoms with Crippen LogP contribution in [0.25, 0.3) is 0 Å². The molecular weight excluding hydrogens is 348 g/mol. The third kappa shape index (κ3) is 4.24. The third-order valence-electron chi connectivity index (χ3n) is 2.73. The molecule has 1 heterocycles. The first-order chi connectivity index (χ1) is 9.90. The van der Waals surface area contributed by atoms with E-state index in [4.69, 9.17) is 29.6 Å². The van der Waals surface area contributed by atoms with Crippen LogP contribution in [0, 0.1) is 0 Å². The molecule has 0 aliphatic heterocycles. The SMILES string of the molecule is NC(=S)c1ccccc1S(=O)(=O)NCCc1ccc(Cl)s1. The quantitative estimate of drug-likeness (QED) is 0.776. The van der Waals surface area contributed by atoms with Crippen LogP contribution in [0.15, 0.2) is 41.3 Å². The van der Waals surface area contributed by atoms with E-state index in [1.807, 2.05) is 6.07 Å². The van der Waals surface area contributed by atoms with Crippen molar-refractivity contribution in [2.24, 2.45) is 5.73 Å². The Kier molecular flexibility index (Phi) is 5.34. The van der Waals surface area contributed by atoms with Crippen LogP contribution >= 0.6 is 35.2 Å². The Hall–Kier alpha value is -0.990. The Morgan fingerprint density at radius 2 is 2.00 bits per heavy atom. The van der Waals surface area contributed by atoms with Gasteiger partial charge in [0, 0.05) is 17.0 Å². The molecule has 0 unspecified atom stereocenters. The van der Waals surface area contributed by atoms with E-state index in [1.165, 1.54) is 17.4 Å². The number of hydrogen-bond donors (Lipinski definition) is 2. The standard InChI is InChI=1S/C13H13ClN2O2S3/c14-12-6-5-9(20-12)7-8-16-21(17,18)11-4-2-1-3-10(11)13(15)19/h1-6,16H,7-8H2,(H2,15,19). The number of halogens is 1. The summed E-state index contributed by atoms with van der Waals surface area (Å²) in [6, 6.07) is 10.1. The van der Waals surface area contributed by atoms with Gasteiger partial charge < -0.3 is 5.73 Å². The highest BCUT2D eigenvalue weighted by atomic mass is 35.5. The summed E-state index contributed by atoms with van der Waals surface area (Å²) in [6.45, 7) is 0.283. The minimum atomic E-state index is -3.65. The summed E-state index contributed by atoms with van der Waals surface area (Å²) in [4.78, 5) is 1.17. The Labute approximate surface area is 138 Å². The second-order valence-corrected chi connectivity index (χ2v) is 8.19. The van der Waals surface area contributed by atoms with Crippen LogP contribution in [-0.2, 0) is 16.4 Å². The maximum absolute atomic E-state index is 12.3. The molecule has 4 nitrogen and oxygen atoms in total. The zero-order valence-electron chi connectivity index (χ0n) is 10.9. The van der Waals surface area contributed by atoms with Crippen LogP contribution in [0.3, 0.4) is 0 Å². The molecule has 0 amide bonds. The second kappa shape index (κ2) is 6.85. The van der Waals surface area contributed by atoms with E-state index in [0.717, 1.165) is 4.88 Å². The van der Waals surface area contributed by atoms with Crippen molar-refractivity contribution in [2.75, 3.05) is 6.54 Å². The number of sulfonamides is 1. The Morgan fingerprint density at radius 3 is 2.62 bits per heavy atom. The van der Waals surface area contributed by atoms with Crippen molar-refractivity contribution in [3.63, 3.8) is 0 Å². The summed E-state index contributed by atoms with van der Waals surface area (Å²) in [5.41, 5.74) is 5.91. The van der Waals surface area contributed by atoms with E-state index in [9.17, 15) is 8.42 Å². The van der Waals surface area contributed by atoms with Gasteiger partial charge in [-0.2, -0.15) is 0 Å². The number of thiocarbonyl (C=S) groups is 1. The summed E-state index contributed by atoms with van der Waals surface area (Å²) in [5, 5.41) is 0. The van der Waals surface area contributed by atoms with E-state index < -0.39 is 10.0 Å². The fourth-order valence-corrected chi connectivity index (χ4v) is 4.36. The molecule has 0 saturated carbocycles. The Balaban J connectivity index is 2.10. The summed E-state index contributed by atoms with van der Waals surface area (Å²) >= 11 is 12.1. The lowest BCUT2D eigenvalue weighted by atomic mass is 10.2. The summed E-state index contributed by atoms with van der Waals surface area (Å²) < 4.78 is 27.8. The number of nitrogens with one attached hydrogen (secondary N) is 1. The van der Waals surface area contributed by atoms with Crippen LogP contribution in [0.1, 0.15) is 10.4 Å². The van der Waals surface area contributed by atoms with E-state index in [-0.39, 0.29) is 16.4 Å². The van der Waals surface area contributed by atoms with Crippen LogP contribution in [0.2, 0.25) is 4.34 Å². The molecular formula is C13H13ClN2O2S3. The maximum Gasteiger partial charge on any atom is 0.241 e. The molecule has 2 aromatic rings. The lowest BCUT2D eigenvalue weighted by Crippen LogP contribution is -2.28. The fourth-order valence-electron chi connectivity index (χ4n) is 1.78. The van der Waals surface area contributed by atoms with Gasteiger partial charge in [0.2, 0.25) is 10.0 Å². The number of rotatable bonds is 6. The van der Waals surface area contributed by atoms with E-state index >= 15 is 0 Å². The van der Waals surface area contributed by atoms with Crippen molar-refractivity contribution >= 4 is 50.2 Å². The summed E-state index contributed by atoms with van der Waals surface area (Å²) in [7, 11) is -3.65. The monoisotopic (exact) mass is 360 g/mol. The lowest BCUT2D eigenvalue weighted by Gasteiger charge is -2.10. The first-order valence-corrected chi connectivity index (χ1v) is 9.11. The fraction of sp³-hybridized carbons (Fsp3) is 0.154. The molecule has 0 aliphatic rings. The molecule has 0 saturated heterocycles. The number of benzene rings is 1. The van der Waals surface area contributed by atoms with Crippen molar-refractivity contribution in [2.45, 2.75) is 11.3 Å². The molecule has 0 radical (unpaired) electrons. The molecule has 1 aromatic heterocycles. The summed E-state index contributed by atoms with van der Waals surface area (Å²) in [6.07, 6.45) is 0.575. The highest BCUT2D eigenvalue weighted by molar-refractivity contribution is 7.89.